The Hall–Kier alpha value is -0.970. The summed E-state index contributed by atoms with van der Waals surface area (Å²) >= 11 is 1.62. The van der Waals surface area contributed by atoms with Gasteiger partial charge in [-0.3, -0.25) is 4.79 Å². The molecule has 15 heavy (non-hydrogen) atoms. The first-order valence-corrected chi connectivity index (χ1v) is 5.65. The zero-order valence-corrected chi connectivity index (χ0v) is 8.87. The highest BCUT2D eigenvalue weighted by Gasteiger charge is 2.17. The SMILES string of the molecule is O=C(NCc1cc2c(s1)CCC2)C(F)F. The molecule has 0 aliphatic heterocycles. The number of hydrogen-bond acceptors (Lipinski definition) is 2. The molecule has 0 aromatic carbocycles. The Morgan fingerprint density at radius 1 is 1.53 bits per heavy atom. The molecule has 82 valence electrons. The second-order valence-electron chi connectivity index (χ2n) is 3.53. The lowest BCUT2D eigenvalue weighted by atomic mass is 10.2. The van der Waals surface area contributed by atoms with Crippen LogP contribution in [0, 0.1) is 0 Å². The normalized spacial score (nSPS) is 14.3. The van der Waals surface area contributed by atoms with E-state index in [4.69, 9.17) is 0 Å². The zero-order chi connectivity index (χ0) is 10.8. The molecule has 0 unspecified atom stereocenters. The Balaban J connectivity index is 1.92. The number of carbonyl (C=O) groups excluding carboxylic acids is 1. The Kier molecular flexibility index (Phi) is 3.00. The Morgan fingerprint density at radius 2 is 2.33 bits per heavy atom. The zero-order valence-electron chi connectivity index (χ0n) is 8.06. The molecule has 2 rings (SSSR count). The predicted octanol–water partition coefficient (Wildman–Crippen LogP) is 2.12. The summed E-state index contributed by atoms with van der Waals surface area (Å²) in [5.41, 5.74) is 1.32. The van der Waals surface area contributed by atoms with Gasteiger partial charge in [0.2, 0.25) is 0 Å². The molecule has 0 fully saturated rings. The molecule has 1 aromatic rings. The van der Waals surface area contributed by atoms with Crippen LogP contribution < -0.4 is 5.32 Å². The van der Waals surface area contributed by atoms with E-state index in [0.717, 1.165) is 17.7 Å². The summed E-state index contributed by atoms with van der Waals surface area (Å²) in [6.07, 6.45) is 0.430. The number of halogens is 2. The molecule has 0 saturated carbocycles. The van der Waals surface area contributed by atoms with Crippen molar-refractivity contribution >= 4 is 17.2 Å². The van der Waals surface area contributed by atoms with Gasteiger partial charge in [0.15, 0.2) is 0 Å². The lowest BCUT2D eigenvalue weighted by Crippen LogP contribution is -2.28. The summed E-state index contributed by atoms with van der Waals surface area (Å²) in [7, 11) is 0. The van der Waals surface area contributed by atoms with Gasteiger partial charge in [-0.15, -0.1) is 11.3 Å². The molecule has 0 saturated heterocycles. The molecule has 5 heteroatoms. The number of hydrogen-bond donors (Lipinski definition) is 1. The summed E-state index contributed by atoms with van der Waals surface area (Å²) in [4.78, 5) is 12.9. The Morgan fingerprint density at radius 3 is 3.00 bits per heavy atom. The van der Waals surface area contributed by atoms with Crippen molar-refractivity contribution in [3.63, 3.8) is 0 Å². The Bertz CT molecular complexity index is 354. The van der Waals surface area contributed by atoms with Crippen LogP contribution in [0.15, 0.2) is 6.07 Å². The van der Waals surface area contributed by atoms with E-state index in [0.29, 0.717) is 0 Å². The average Bonchev–Trinajstić information content (AvgIpc) is 2.72. The molecular formula is C10H11F2NOS. The van der Waals surface area contributed by atoms with E-state index in [2.05, 4.69) is 5.32 Å². The highest BCUT2D eigenvalue weighted by molar-refractivity contribution is 7.12. The summed E-state index contributed by atoms with van der Waals surface area (Å²) in [6.45, 7) is 0.223. The average molecular weight is 231 g/mol. The smallest absolute Gasteiger partial charge is 0.315 e. The summed E-state index contributed by atoms with van der Waals surface area (Å²) in [6, 6.07) is 2.01. The number of amides is 1. The molecule has 0 atom stereocenters. The van der Waals surface area contributed by atoms with Gasteiger partial charge < -0.3 is 5.32 Å². The third-order valence-electron chi connectivity index (χ3n) is 2.43. The molecule has 1 amide bonds. The topological polar surface area (TPSA) is 29.1 Å². The minimum absolute atomic E-state index is 0.223. The molecule has 2 nitrogen and oxygen atoms in total. The van der Waals surface area contributed by atoms with Crippen LogP contribution in [0.2, 0.25) is 0 Å². The molecule has 1 aromatic heterocycles. The van der Waals surface area contributed by atoms with Crippen LogP contribution >= 0.6 is 11.3 Å². The van der Waals surface area contributed by atoms with Crippen molar-refractivity contribution in [3.05, 3.63) is 21.4 Å². The summed E-state index contributed by atoms with van der Waals surface area (Å²) in [5, 5.41) is 2.21. The van der Waals surface area contributed by atoms with Gasteiger partial charge in [-0.25, -0.2) is 0 Å². The fraction of sp³-hybridized carbons (Fsp3) is 0.500. The fourth-order valence-electron chi connectivity index (χ4n) is 1.73. The molecule has 1 heterocycles. The number of nitrogens with one attached hydrogen (secondary N) is 1. The van der Waals surface area contributed by atoms with Gasteiger partial charge in [-0.2, -0.15) is 8.78 Å². The van der Waals surface area contributed by atoms with Crippen LogP contribution in [0.4, 0.5) is 8.78 Å². The largest absolute Gasteiger partial charge is 0.346 e. The van der Waals surface area contributed by atoms with Gasteiger partial charge >= 0.3 is 6.43 Å². The van der Waals surface area contributed by atoms with Crippen molar-refractivity contribution in [1.29, 1.82) is 0 Å². The maximum Gasteiger partial charge on any atom is 0.315 e. The van der Waals surface area contributed by atoms with Gasteiger partial charge in [0.1, 0.15) is 0 Å². The number of alkyl halides is 2. The highest BCUT2D eigenvalue weighted by Crippen LogP contribution is 2.30. The van der Waals surface area contributed by atoms with E-state index in [1.165, 1.54) is 16.9 Å². The molecule has 0 spiro atoms. The minimum Gasteiger partial charge on any atom is -0.346 e. The predicted molar refractivity (Wildman–Crippen MR) is 54.2 cm³/mol. The van der Waals surface area contributed by atoms with E-state index in [-0.39, 0.29) is 6.54 Å². The van der Waals surface area contributed by atoms with Crippen LogP contribution in [0.3, 0.4) is 0 Å². The van der Waals surface area contributed by atoms with Crippen molar-refractivity contribution in [2.75, 3.05) is 0 Å². The van der Waals surface area contributed by atoms with E-state index in [9.17, 15) is 13.6 Å². The number of aryl methyl sites for hydroxylation is 2. The van der Waals surface area contributed by atoms with E-state index < -0.39 is 12.3 Å². The van der Waals surface area contributed by atoms with Gasteiger partial charge in [0, 0.05) is 9.75 Å². The van der Waals surface area contributed by atoms with Gasteiger partial charge in [-0.1, -0.05) is 0 Å². The molecule has 0 radical (unpaired) electrons. The third-order valence-corrected chi connectivity index (χ3v) is 3.67. The highest BCUT2D eigenvalue weighted by atomic mass is 32.1. The first kappa shape index (κ1) is 10.5. The van der Waals surface area contributed by atoms with Crippen molar-refractivity contribution < 1.29 is 13.6 Å². The monoisotopic (exact) mass is 231 g/mol. The van der Waals surface area contributed by atoms with Crippen molar-refractivity contribution in [1.82, 2.24) is 5.32 Å². The van der Waals surface area contributed by atoms with Crippen LogP contribution in [0.1, 0.15) is 21.7 Å². The van der Waals surface area contributed by atoms with Crippen LogP contribution in [-0.2, 0) is 24.2 Å². The maximum atomic E-state index is 11.9. The summed E-state index contributed by atoms with van der Waals surface area (Å²) < 4.78 is 23.8. The molecule has 1 aliphatic rings. The molecular weight excluding hydrogens is 220 g/mol. The second kappa shape index (κ2) is 4.26. The van der Waals surface area contributed by atoms with Crippen molar-refractivity contribution in [2.24, 2.45) is 0 Å². The first-order valence-electron chi connectivity index (χ1n) is 4.83. The molecule has 1 N–H and O–H groups in total. The van der Waals surface area contributed by atoms with E-state index >= 15 is 0 Å². The Labute approximate surface area is 90.3 Å². The number of thiophene rings is 1. The minimum atomic E-state index is -2.92. The van der Waals surface area contributed by atoms with Crippen molar-refractivity contribution in [3.8, 4) is 0 Å². The number of rotatable bonds is 3. The molecule has 1 aliphatic carbocycles. The standard InChI is InChI=1S/C10H11F2NOS/c11-9(12)10(14)13-5-7-4-6-2-1-3-8(6)15-7/h4,9H,1-3,5H2,(H,13,14). The lowest BCUT2D eigenvalue weighted by molar-refractivity contribution is -0.131. The summed E-state index contributed by atoms with van der Waals surface area (Å²) in [5.74, 6) is -1.19. The quantitative estimate of drug-likeness (QED) is 0.848. The van der Waals surface area contributed by atoms with Gasteiger partial charge in [0.25, 0.3) is 5.91 Å². The first-order chi connectivity index (χ1) is 7.16. The van der Waals surface area contributed by atoms with Gasteiger partial charge in [-0.05, 0) is 30.9 Å². The fourth-order valence-corrected chi connectivity index (χ4v) is 2.93. The third kappa shape index (κ3) is 2.34. The number of carbonyl (C=O) groups is 1. The van der Waals surface area contributed by atoms with Gasteiger partial charge in [0.05, 0.1) is 6.54 Å². The van der Waals surface area contributed by atoms with E-state index in [1.54, 1.807) is 11.3 Å². The molecule has 0 bridgehead atoms. The lowest BCUT2D eigenvalue weighted by Gasteiger charge is -2.01. The van der Waals surface area contributed by atoms with Crippen LogP contribution in [-0.4, -0.2) is 12.3 Å². The van der Waals surface area contributed by atoms with Crippen LogP contribution in [0.25, 0.3) is 0 Å². The van der Waals surface area contributed by atoms with E-state index in [1.807, 2.05) is 6.07 Å². The maximum absolute atomic E-state index is 11.9. The van der Waals surface area contributed by atoms with Crippen LogP contribution in [0.5, 0.6) is 0 Å². The number of fused-ring (bicyclic) bond motifs is 1. The van der Waals surface area contributed by atoms with Crippen molar-refractivity contribution in [2.45, 2.75) is 32.2 Å². The second-order valence-corrected chi connectivity index (χ2v) is 4.75.